The van der Waals surface area contributed by atoms with Crippen molar-refractivity contribution in [3.05, 3.63) is 0 Å². The highest BCUT2D eigenvalue weighted by atomic mass is 15.2. The van der Waals surface area contributed by atoms with E-state index in [4.69, 9.17) is 0 Å². The largest absolute Gasteiger partial charge is 0.309 e. The van der Waals surface area contributed by atoms with Gasteiger partial charge in [0, 0.05) is 31.2 Å². The van der Waals surface area contributed by atoms with E-state index >= 15 is 0 Å². The second kappa shape index (κ2) is 2.76. The van der Waals surface area contributed by atoms with Gasteiger partial charge in [-0.05, 0) is 26.7 Å². The minimum atomic E-state index is 0.736. The normalized spacial score (nSPS) is 38.5. The van der Waals surface area contributed by atoms with Gasteiger partial charge in [-0.2, -0.15) is 0 Å². The van der Waals surface area contributed by atoms with Gasteiger partial charge in [-0.15, -0.1) is 0 Å². The van der Waals surface area contributed by atoms with Crippen LogP contribution < -0.4 is 5.32 Å². The summed E-state index contributed by atoms with van der Waals surface area (Å²) in [4.78, 5) is 2.60. The van der Waals surface area contributed by atoms with Gasteiger partial charge in [0.2, 0.25) is 0 Å². The first-order valence-electron chi connectivity index (χ1n) is 4.76. The minimum Gasteiger partial charge on any atom is -0.309 e. The molecule has 2 aliphatic heterocycles. The summed E-state index contributed by atoms with van der Waals surface area (Å²) in [5, 5.41) is 3.63. The topological polar surface area (TPSA) is 15.3 Å². The van der Waals surface area contributed by atoms with Crippen molar-refractivity contribution in [3.8, 4) is 0 Å². The second-order valence-electron chi connectivity index (χ2n) is 4.19. The third-order valence-electron chi connectivity index (χ3n) is 2.98. The van der Waals surface area contributed by atoms with E-state index in [1.54, 1.807) is 0 Å². The Labute approximate surface area is 69.0 Å². The summed E-state index contributed by atoms with van der Waals surface area (Å²) in [6.07, 6.45) is 2.79. The number of hydrogen-bond donors (Lipinski definition) is 1. The number of fused-ring (bicyclic) bond motifs is 2. The maximum absolute atomic E-state index is 3.63. The molecule has 0 aromatic carbocycles. The van der Waals surface area contributed by atoms with Gasteiger partial charge in [0.05, 0.1) is 0 Å². The first-order valence-corrected chi connectivity index (χ1v) is 4.76. The van der Waals surface area contributed by atoms with E-state index in [-0.39, 0.29) is 0 Å². The summed E-state index contributed by atoms with van der Waals surface area (Å²) in [6, 6.07) is 2.34. The zero-order valence-corrected chi connectivity index (χ0v) is 7.51. The molecule has 64 valence electrons. The summed E-state index contributed by atoms with van der Waals surface area (Å²) in [6.45, 7) is 7.14. The predicted molar refractivity (Wildman–Crippen MR) is 46.7 cm³/mol. The first-order chi connectivity index (χ1) is 5.25. The molecule has 2 heteroatoms. The lowest BCUT2D eigenvalue weighted by Crippen LogP contribution is -2.53. The van der Waals surface area contributed by atoms with Gasteiger partial charge in [-0.3, -0.25) is 4.90 Å². The van der Waals surface area contributed by atoms with Crippen LogP contribution in [0.3, 0.4) is 0 Å². The smallest absolute Gasteiger partial charge is 0.0198 e. The monoisotopic (exact) mass is 154 g/mol. The third kappa shape index (κ3) is 1.42. The van der Waals surface area contributed by atoms with Gasteiger partial charge in [0.1, 0.15) is 0 Å². The lowest BCUT2D eigenvalue weighted by Gasteiger charge is -2.35. The molecule has 11 heavy (non-hydrogen) atoms. The summed E-state index contributed by atoms with van der Waals surface area (Å²) in [7, 11) is 0. The van der Waals surface area contributed by atoms with Crippen LogP contribution in [0.25, 0.3) is 0 Å². The molecule has 2 atom stereocenters. The van der Waals surface area contributed by atoms with Gasteiger partial charge in [0.15, 0.2) is 0 Å². The van der Waals surface area contributed by atoms with Crippen molar-refractivity contribution in [2.24, 2.45) is 0 Å². The number of likely N-dealkylation sites (tertiary alicyclic amines) is 1. The molecule has 2 nitrogen and oxygen atoms in total. The SMILES string of the molecule is CC(C)N1CC2CCC(C1)N2. The quantitative estimate of drug-likeness (QED) is 0.602. The predicted octanol–water partition coefficient (Wildman–Crippen LogP) is 0.831. The van der Waals surface area contributed by atoms with Crippen molar-refractivity contribution in [2.75, 3.05) is 13.1 Å². The molecule has 2 heterocycles. The van der Waals surface area contributed by atoms with Crippen LogP contribution in [0.1, 0.15) is 26.7 Å². The third-order valence-corrected chi connectivity index (χ3v) is 2.98. The molecular formula is C9H18N2. The van der Waals surface area contributed by atoms with Crippen molar-refractivity contribution >= 4 is 0 Å². The van der Waals surface area contributed by atoms with Crippen LogP contribution >= 0.6 is 0 Å². The molecule has 2 bridgehead atoms. The fourth-order valence-electron chi connectivity index (χ4n) is 2.25. The maximum atomic E-state index is 3.63. The Morgan fingerprint density at radius 2 is 1.73 bits per heavy atom. The maximum Gasteiger partial charge on any atom is 0.0198 e. The van der Waals surface area contributed by atoms with Crippen molar-refractivity contribution in [2.45, 2.75) is 44.8 Å². The number of nitrogens with one attached hydrogen (secondary N) is 1. The highest BCUT2D eigenvalue weighted by molar-refractivity contribution is 4.93. The fraction of sp³-hybridized carbons (Fsp3) is 1.00. The minimum absolute atomic E-state index is 0.736. The Balaban J connectivity index is 1.97. The molecule has 0 aromatic heterocycles. The van der Waals surface area contributed by atoms with Crippen LogP contribution in [0.4, 0.5) is 0 Å². The molecule has 2 fully saturated rings. The molecule has 0 aromatic rings. The molecule has 0 amide bonds. The zero-order valence-electron chi connectivity index (χ0n) is 7.51. The fourth-order valence-corrected chi connectivity index (χ4v) is 2.25. The van der Waals surface area contributed by atoms with Crippen molar-refractivity contribution in [1.29, 1.82) is 0 Å². The van der Waals surface area contributed by atoms with Crippen LogP contribution in [0.5, 0.6) is 0 Å². The highest BCUT2D eigenvalue weighted by Gasteiger charge is 2.32. The Bertz CT molecular complexity index is 132. The number of piperazine rings is 1. The Morgan fingerprint density at radius 3 is 2.18 bits per heavy atom. The lowest BCUT2D eigenvalue weighted by molar-refractivity contribution is 0.158. The van der Waals surface area contributed by atoms with E-state index in [1.807, 2.05) is 0 Å². The summed E-state index contributed by atoms with van der Waals surface area (Å²) < 4.78 is 0. The molecular weight excluding hydrogens is 136 g/mol. The highest BCUT2D eigenvalue weighted by Crippen LogP contribution is 2.21. The van der Waals surface area contributed by atoms with Gasteiger partial charge < -0.3 is 5.32 Å². The molecule has 0 aliphatic carbocycles. The first kappa shape index (κ1) is 7.56. The van der Waals surface area contributed by atoms with Crippen LogP contribution in [0.2, 0.25) is 0 Å². The Hall–Kier alpha value is -0.0800. The van der Waals surface area contributed by atoms with E-state index in [9.17, 15) is 0 Å². The molecule has 0 spiro atoms. The summed E-state index contributed by atoms with van der Waals surface area (Å²) in [5.74, 6) is 0. The number of nitrogens with zero attached hydrogens (tertiary/aromatic N) is 1. The Morgan fingerprint density at radius 1 is 1.18 bits per heavy atom. The van der Waals surface area contributed by atoms with E-state index in [0.29, 0.717) is 0 Å². The van der Waals surface area contributed by atoms with E-state index in [1.165, 1.54) is 25.9 Å². The van der Waals surface area contributed by atoms with Crippen molar-refractivity contribution in [3.63, 3.8) is 0 Å². The van der Waals surface area contributed by atoms with Gasteiger partial charge in [-0.1, -0.05) is 0 Å². The zero-order chi connectivity index (χ0) is 7.84. The lowest BCUT2D eigenvalue weighted by atomic mass is 10.2. The summed E-state index contributed by atoms with van der Waals surface area (Å²) >= 11 is 0. The number of rotatable bonds is 1. The van der Waals surface area contributed by atoms with Crippen LogP contribution in [0, 0.1) is 0 Å². The average Bonchev–Trinajstić information content (AvgIpc) is 2.30. The van der Waals surface area contributed by atoms with E-state index in [0.717, 1.165) is 18.1 Å². The van der Waals surface area contributed by atoms with Crippen LogP contribution in [0.15, 0.2) is 0 Å². The molecule has 2 saturated heterocycles. The second-order valence-corrected chi connectivity index (χ2v) is 4.19. The van der Waals surface area contributed by atoms with Crippen LogP contribution in [-0.2, 0) is 0 Å². The van der Waals surface area contributed by atoms with Gasteiger partial charge >= 0.3 is 0 Å². The number of hydrogen-bond acceptors (Lipinski definition) is 2. The molecule has 2 aliphatic rings. The standard InChI is InChI=1S/C9H18N2/c1-7(2)11-5-8-3-4-9(6-11)10-8/h7-10H,3-6H2,1-2H3. The average molecular weight is 154 g/mol. The molecule has 1 N–H and O–H groups in total. The summed E-state index contributed by atoms with van der Waals surface area (Å²) in [5.41, 5.74) is 0. The van der Waals surface area contributed by atoms with Crippen LogP contribution in [-0.4, -0.2) is 36.1 Å². The van der Waals surface area contributed by atoms with Gasteiger partial charge in [-0.25, -0.2) is 0 Å². The Kier molecular flexibility index (Phi) is 1.90. The molecule has 0 radical (unpaired) electrons. The van der Waals surface area contributed by atoms with Crippen molar-refractivity contribution < 1.29 is 0 Å². The van der Waals surface area contributed by atoms with Crippen molar-refractivity contribution in [1.82, 2.24) is 10.2 Å². The molecule has 2 rings (SSSR count). The molecule has 0 saturated carbocycles. The van der Waals surface area contributed by atoms with E-state index < -0.39 is 0 Å². The van der Waals surface area contributed by atoms with E-state index in [2.05, 4.69) is 24.1 Å². The molecule has 2 unspecified atom stereocenters. The van der Waals surface area contributed by atoms with Gasteiger partial charge in [0.25, 0.3) is 0 Å².